The Kier molecular flexibility index (Phi) is 6.49. The summed E-state index contributed by atoms with van der Waals surface area (Å²) in [4.78, 5) is 4.89. The van der Waals surface area contributed by atoms with Crippen LogP contribution in [0.3, 0.4) is 0 Å². The second kappa shape index (κ2) is 8.37. The highest BCUT2D eigenvalue weighted by Crippen LogP contribution is 2.27. The van der Waals surface area contributed by atoms with E-state index in [9.17, 15) is 4.39 Å². The Morgan fingerprint density at radius 1 is 1.38 bits per heavy atom. The first kappa shape index (κ1) is 16.3. The van der Waals surface area contributed by atoms with Crippen molar-refractivity contribution in [1.29, 1.82) is 0 Å². The van der Waals surface area contributed by atoms with Gasteiger partial charge < -0.3 is 5.32 Å². The minimum atomic E-state index is -0.266. The standard InChI is InChI=1S/C16H18ClFN2S/c1-2-7-20-16(14-6-8-19-10-15(14)18)11-21-13-5-3-4-12(17)9-13/h3-6,8-10,16,20H,2,7,11H2,1H3. The van der Waals surface area contributed by atoms with Crippen molar-refractivity contribution in [3.05, 3.63) is 59.1 Å². The monoisotopic (exact) mass is 324 g/mol. The number of rotatable bonds is 7. The zero-order valence-electron chi connectivity index (χ0n) is 11.9. The predicted octanol–water partition coefficient (Wildman–Crippen LogP) is 4.71. The van der Waals surface area contributed by atoms with Crippen LogP contribution in [0.15, 0.2) is 47.6 Å². The lowest BCUT2D eigenvalue weighted by molar-refractivity contribution is 0.529. The molecule has 1 N–H and O–H groups in total. The summed E-state index contributed by atoms with van der Waals surface area (Å²) in [6.07, 6.45) is 3.90. The van der Waals surface area contributed by atoms with Crippen LogP contribution in [-0.4, -0.2) is 17.3 Å². The molecule has 0 spiro atoms. The minimum absolute atomic E-state index is 0.0445. The van der Waals surface area contributed by atoms with Crippen LogP contribution in [-0.2, 0) is 0 Å². The third-order valence-corrected chi connectivity index (χ3v) is 4.36. The van der Waals surface area contributed by atoms with Gasteiger partial charge in [-0.1, -0.05) is 24.6 Å². The van der Waals surface area contributed by atoms with Gasteiger partial charge in [0.1, 0.15) is 5.82 Å². The van der Waals surface area contributed by atoms with Crippen molar-refractivity contribution in [2.75, 3.05) is 12.3 Å². The van der Waals surface area contributed by atoms with Crippen molar-refractivity contribution in [1.82, 2.24) is 10.3 Å². The number of pyridine rings is 1. The fourth-order valence-corrected chi connectivity index (χ4v) is 3.28. The molecule has 1 aromatic carbocycles. The average Bonchev–Trinajstić information content (AvgIpc) is 2.48. The van der Waals surface area contributed by atoms with Gasteiger partial charge in [-0.15, -0.1) is 11.8 Å². The van der Waals surface area contributed by atoms with E-state index in [1.165, 1.54) is 6.20 Å². The van der Waals surface area contributed by atoms with Gasteiger partial charge in [-0.25, -0.2) is 4.39 Å². The first-order valence-corrected chi connectivity index (χ1v) is 8.28. The van der Waals surface area contributed by atoms with Crippen LogP contribution in [0.1, 0.15) is 24.9 Å². The number of hydrogen-bond donors (Lipinski definition) is 1. The fraction of sp³-hybridized carbons (Fsp3) is 0.312. The number of thioether (sulfide) groups is 1. The maximum atomic E-state index is 13.9. The molecule has 112 valence electrons. The molecule has 1 atom stereocenters. The number of nitrogens with one attached hydrogen (secondary N) is 1. The molecule has 0 saturated heterocycles. The van der Waals surface area contributed by atoms with Gasteiger partial charge in [0.05, 0.1) is 6.20 Å². The van der Waals surface area contributed by atoms with Gasteiger partial charge in [-0.05, 0) is 37.2 Å². The Hall–Kier alpha value is -1.10. The third kappa shape index (κ3) is 4.99. The Morgan fingerprint density at radius 3 is 2.95 bits per heavy atom. The van der Waals surface area contributed by atoms with Crippen LogP contribution in [0.4, 0.5) is 4.39 Å². The van der Waals surface area contributed by atoms with Crippen molar-refractivity contribution >= 4 is 23.4 Å². The van der Waals surface area contributed by atoms with Gasteiger partial charge in [0.15, 0.2) is 0 Å². The topological polar surface area (TPSA) is 24.9 Å². The highest BCUT2D eigenvalue weighted by atomic mass is 35.5. The molecule has 0 amide bonds. The number of nitrogens with zero attached hydrogens (tertiary/aromatic N) is 1. The molecule has 1 heterocycles. The summed E-state index contributed by atoms with van der Waals surface area (Å²) in [5.41, 5.74) is 0.660. The Labute approximate surface area is 134 Å². The number of benzene rings is 1. The molecule has 0 saturated carbocycles. The molecular weight excluding hydrogens is 307 g/mol. The summed E-state index contributed by atoms with van der Waals surface area (Å²) in [7, 11) is 0. The van der Waals surface area contributed by atoms with E-state index in [2.05, 4.69) is 17.2 Å². The second-order valence-electron chi connectivity index (χ2n) is 4.67. The maximum absolute atomic E-state index is 13.9. The third-order valence-electron chi connectivity index (χ3n) is 3.03. The van der Waals surface area contributed by atoms with Gasteiger partial charge in [0.2, 0.25) is 0 Å². The van der Waals surface area contributed by atoms with E-state index in [0.717, 1.165) is 23.6 Å². The maximum Gasteiger partial charge on any atom is 0.146 e. The van der Waals surface area contributed by atoms with Gasteiger partial charge in [0.25, 0.3) is 0 Å². The molecule has 0 radical (unpaired) electrons. The van der Waals surface area contributed by atoms with Crippen molar-refractivity contribution in [3.8, 4) is 0 Å². The predicted molar refractivity (Wildman–Crippen MR) is 87.4 cm³/mol. The van der Waals surface area contributed by atoms with Crippen LogP contribution in [0.2, 0.25) is 5.02 Å². The molecule has 0 bridgehead atoms. The van der Waals surface area contributed by atoms with E-state index in [-0.39, 0.29) is 11.9 Å². The van der Waals surface area contributed by atoms with Crippen molar-refractivity contribution in [3.63, 3.8) is 0 Å². The summed E-state index contributed by atoms with van der Waals surface area (Å²) in [6, 6.07) is 9.40. The van der Waals surface area contributed by atoms with E-state index in [0.29, 0.717) is 10.6 Å². The van der Waals surface area contributed by atoms with E-state index in [1.807, 2.05) is 24.3 Å². The van der Waals surface area contributed by atoms with Crippen LogP contribution >= 0.6 is 23.4 Å². The Balaban J connectivity index is 2.08. The molecule has 1 aromatic heterocycles. The van der Waals surface area contributed by atoms with E-state index in [4.69, 9.17) is 11.6 Å². The number of aromatic nitrogens is 1. The van der Waals surface area contributed by atoms with Gasteiger partial charge in [-0.2, -0.15) is 0 Å². The Morgan fingerprint density at radius 2 is 2.24 bits per heavy atom. The quantitative estimate of drug-likeness (QED) is 0.747. The van der Waals surface area contributed by atoms with Crippen LogP contribution < -0.4 is 5.32 Å². The molecule has 0 fully saturated rings. The molecule has 2 nitrogen and oxygen atoms in total. The lowest BCUT2D eigenvalue weighted by Crippen LogP contribution is -2.25. The molecule has 2 rings (SSSR count). The zero-order valence-corrected chi connectivity index (χ0v) is 13.4. The lowest BCUT2D eigenvalue weighted by Gasteiger charge is -2.19. The van der Waals surface area contributed by atoms with Crippen LogP contribution in [0, 0.1) is 5.82 Å². The first-order chi connectivity index (χ1) is 10.2. The minimum Gasteiger partial charge on any atom is -0.309 e. The largest absolute Gasteiger partial charge is 0.309 e. The molecule has 21 heavy (non-hydrogen) atoms. The highest BCUT2D eigenvalue weighted by molar-refractivity contribution is 7.99. The molecule has 1 unspecified atom stereocenters. The molecule has 0 aliphatic rings. The zero-order chi connectivity index (χ0) is 15.1. The molecule has 0 aliphatic carbocycles. The summed E-state index contributed by atoms with van der Waals surface area (Å²) in [5, 5.41) is 4.11. The second-order valence-corrected chi connectivity index (χ2v) is 6.20. The number of hydrogen-bond acceptors (Lipinski definition) is 3. The molecule has 2 aromatic rings. The van der Waals surface area contributed by atoms with Crippen LogP contribution in [0.25, 0.3) is 0 Å². The van der Waals surface area contributed by atoms with E-state index in [1.54, 1.807) is 24.0 Å². The number of halogens is 2. The van der Waals surface area contributed by atoms with Gasteiger partial charge >= 0.3 is 0 Å². The SMILES string of the molecule is CCCNC(CSc1cccc(Cl)c1)c1ccncc1F. The summed E-state index contributed by atoms with van der Waals surface area (Å²) >= 11 is 7.65. The lowest BCUT2D eigenvalue weighted by atomic mass is 10.1. The van der Waals surface area contributed by atoms with Crippen LogP contribution in [0.5, 0.6) is 0 Å². The Bertz CT molecular complexity index is 580. The van der Waals surface area contributed by atoms with Crippen molar-refractivity contribution < 1.29 is 4.39 Å². The van der Waals surface area contributed by atoms with Gasteiger partial charge in [-0.3, -0.25) is 4.98 Å². The van der Waals surface area contributed by atoms with Gasteiger partial charge in [0, 0.05) is 33.5 Å². The first-order valence-electron chi connectivity index (χ1n) is 6.92. The van der Waals surface area contributed by atoms with E-state index < -0.39 is 0 Å². The fourth-order valence-electron chi connectivity index (χ4n) is 1.98. The summed E-state index contributed by atoms with van der Waals surface area (Å²) in [5.74, 6) is 0.471. The molecular formula is C16H18ClFN2S. The summed E-state index contributed by atoms with van der Waals surface area (Å²) in [6.45, 7) is 2.94. The normalized spacial score (nSPS) is 12.3. The molecule has 0 aliphatic heterocycles. The smallest absolute Gasteiger partial charge is 0.146 e. The average molecular weight is 325 g/mol. The summed E-state index contributed by atoms with van der Waals surface area (Å²) < 4.78 is 13.9. The van der Waals surface area contributed by atoms with E-state index >= 15 is 0 Å². The van der Waals surface area contributed by atoms with Crippen molar-refractivity contribution in [2.45, 2.75) is 24.3 Å². The highest BCUT2D eigenvalue weighted by Gasteiger charge is 2.15. The van der Waals surface area contributed by atoms with Crippen molar-refractivity contribution in [2.24, 2.45) is 0 Å². The molecule has 5 heteroatoms.